The van der Waals surface area contributed by atoms with Crippen LogP contribution in [0, 0.1) is 0 Å². The second kappa shape index (κ2) is 5.79. The lowest BCUT2D eigenvalue weighted by Gasteiger charge is -2.38. The second-order valence-corrected chi connectivity index (χ2v) is 6.91. The summed E-state index contributed by atoms with van der Waals surface area (Å²) in [5.41, 5.74) is 4.27. The molecule has 3 aromatic rings. The van der Waals surface area contributed by atoms with E-state index in [-0.39, 0.29) is 0 Å². The molecule has 0 amide bonds. The zero-order chi connectivity index (χ0) is 16.8. The number of aromatic nitrogens is 4. The van der Waals surface area contributed by atoms with Crippen LogP contribution in [0.15, 0.2) is 37.2 Å². The van der Waals surface area contributed by atoms with Crippen LogP contribution in [0.1, 0.15) is 6.42 Å². The molecule has 7 heteroatoms. The third-order valence-corrected chi connectivity index (χ3v) is 5.51. The normalized spacial score (nSPS) is 24.0. The van der Waals surface area contributed by atoms with E-state index in [1.54, 1.807) is 6.33 Å². The highest BCUT2D eigenvalue weighted by atomic mass is 15.3. The van der Waals surface area contributed by atoms with Crippen molar-refractivity contribution in [1.82, 2.24) is 30.2 Å². The van der Waals surface area contributed by atoms with Crippen LogP contribution >= 0.6 is 0 Å². The summed E-state index contributed by atoms with van der Waals surface area (Å²) in [7, 11) is 2.21. The van der Waals surface area contributed by atoms with Gasteiger partial charge in [-0.15, -0.1) is 0 Å². The van der Waals surface area contributed by atoms with Gasteiger partial charge < -0.3 is 9.88 Å². The number of likely N-dealkylation sites (N-methyl/N-ethyl adjacent to an activating group) is 1. The molecule has 0 unspecified atom stereocenters. The van der Waals surface area contributed by atoms with E-state index in [9.17, 15) is 0 Å². The molecule has 2 atom stereocenters. The summed E-state index contributed by atoms with van der Waals surface area (Å²) in [4.78, 5) is 21.1. The Morgan fingerprint density at radius 1 is 1.24 bits per heavy atom. The van der Waals surface area contributed by atoms with Crippen LogP contribution in [0.5, 0.6) is 0 Å². The first-order valence-corrected chi connectivity index (χ1v) is 8.71. The van der Waals surface area contributed by atoms with Crippen LogP contribution in [-0.4, -0.2) is 63.7 Å². The number of nitrogens with one attached hydrogen (secondary N) is 2. The Morgan fingerprint density at radius 3 is 3.00 bits per heavy atom. The average Bonchev–Trinajstić information content (AvgIpc) is 3.26. The van der Waals surface area contributed by atoms with E-state index in [1.807, 2.05) is 24.8 Å². The van der Waals surface area contributed by atoms with Gasteiger partial charge in [0.15, 0.2) is 0 Å². The summed E-state index contributed by atoms with van der Waals surface area (Å²) in [6.45, 7) is 3.05. The predicted octanol–water partition coefficient (Wildman–Crippen LogP) is 1.46. The average molecular weight is 335 g/mol. The fourth-order valence-electron chi connectivity index (χ4n) is 4.23. The van der Waals surface area contributed by atoms with E-state index in [0.717, 1.165) is 41.9 Å². The first kappa shape index (κ1) is 14.8. The molecule has 3 aromatic heterocycles. The number of rotatable bonds is 2. The van der Waals surface area contributed by atoms with Gasteiger partial charge in [-0.2, -0.15) is 0 Å². The van der Waals surface area contributed by atoms with Crippen molar-refractivity contribution in [3.05, 3.63) is 37.2 Å². The number of piperidine rings is 1. The summed E-state index contributed by atoms with van der Waals surface area (Å²) < 4.78 is 0. The smallest absolute Gasteiger partial charge is 0.139 e. The molecule has 2 fully saturated rings. The molecule has 0 bridgehead atoms. The van der Waals surface area contributed by atoms with Gasteiger partial charge in [0.1, 0.15) is 12.0 Å². The van der Waals surface area contributed by atoms with Crippen LogP contribution in [0.4, 0.5) is 5.69 Å². The number of nitrogens with zero attached hydrogens (tertiary/aromatic N) is 5. The number of fused-ring (bicyclic) bond motifs is 2. The number of hydrogen-bond acceptors (Lipinski definition) is 6. The molecular weight excluding hydrogens is 314 g/mol. The van der Waals surface area contributed by atoms with Crippen molar-refractivity contribution in [2.45, 2.75) is 18.5 Å². The summed E-state index contributed by atoms with van der Waals surface area (Å²) in [5.74, 6) is 0. The van der Waals surface area contributed by atoms with E-state index in [1.165, 1.54) is 12.1 Å². The molecule has 2 aliphatic heterocycles. The topological polar surface area (TPSA) is 73.0 Å². The molecule has 0 aliphatic carbocycles. The van der Waals surface area contributed by atoms with Crippen molar-refractivity contribution in [3.8, 4) is 11.1 Å². The van der Waals surface area contributed by atoms with Crippen molar-refractivity contribution in [2.24, 2.45) is 0 Å². The standard InChI is InChI=1S/C18H21N7/c1-24-11-23-14-9-25(5-3-15(14)24)16-2-4-21-18-17(16)13(8-22-18)12-6-19-10-20-7-12/h2,4,6-8,10,14-15,23H,3,5,9,11H2,1H3,(H,21,22)/t14-,15+/m1/s1. The van der Waals surface area contributed by atoms with Crippen molar-refractivity contribution in [1.29, 1.82) is 0 Å². The quantitative estimate of drug-likeness (QED) is 0.739. The summed E-state index contributed by atoms with van der Waals surface area (Å²) in [6.07, 6.45) is 10.3. The number of pyridine rings is 1. The van der Waals surface area contributed by atoms with Crippen LogP contribution < -0.4 is 10.2 Å². The third-order valence-electron chi connectivity index (χ3n) is 5.51. The molecule has 128 valence electrons. The lowest BCUT2D eigenvalue weighted by atomic mass is 9.98. The van der Waals surface area contributed by atoms with Crippen molar-refractivity contribution >= 4 is 16.7 Å². The Morgan fingerprint density at radius 2 is 2.12 bits per heavy atom. The SMILES string of the molecule is CN1CN[C@@H]2CN(c3ccnc4[nH]cc(-c5cncnc5)c34)CC[C@@H]21. The van der Waals surface area contributed by atoms with E-state index >= 15 is 0 Å². The molecule has 25 heavy (non-hydrogen) atoms. The van der Waals surface area contributed by atoms with Gasteiger partial charge >= 0.3 is 0 Å². The van der Waals surface area contributed by atoms with Gasteiger partial charge in [0.2, 0.25) is 0 Å². The van der Waals surface area contributed by atoms with Crippen molar-refractivity contribution < 1.29 is 0 Å². The van der Waals surface area contributed by atoms with E-state index in [4.69, 9.17) is 0 Å². The van der Waals surface area contributed by atoms with E-state index in [0.29, 0.717) is 12.1 Å². The summed E-state index contributed by atoms with van der Waals surface area (Å²) in [6, 6.07) is 3.29. The minimum absolute atomic E-state index is 0.518. The summed E-state index contributed by atoms with van der Waals surface area (Å²) >= 11 is 0. The maximum absolute atomic E-state index is 4.51. The third kappa shape index (κ3) is 2.39. The Labute approximate surface area is 146 Å². The number of hydrogen-bond donors (Lipinski definition) is 2. The first-order chi connectivity index (χ1) is 12.3. The van der Waals surface area contributed by atoms with Gasteiger partial charge in [0.25, 0.3) is 0 Å². The van der Waals surface area contributed by atoms with Crippen LogP contribution in [0.2, 0.25) is 0 Å². The Hall–Kier alpha value is -2.51. The van der Waals surface area contributed by atoms with E-state index < -0.39 is 0 Å². The Balaban J connectivity index is 1.57. The zero-order valence-corrected chi connectivity index (χ0v) is 14.2. The minimum atomic E-state index is 0.518. The van der Waals surface area contributed by atoms with Crippen LogP contribution in [0.3, 0.4) is 0 Å². The van der Waals surface area contributed by atoms with Gasteiger partial charge in [-0.05, 0) is 19.5 Å². The molecule has 0 aromatic carbocycles. The minimum Gasteiger partial charge on any atom is -0.369 e. The molecule has 0 radical (unpaired) electrons. The fourth-order valence-corrected chi connectivity index (χ4v) is 4.23. The monoisotopic (exact) mass is 335 g/mol. The molecule has 7 nitrogen and oxygen atoms in total. The van der Waals surface area contributed by atoms with Gasteiger partial charge in [-0.3, -0.25) is 10.2 Å². The molecule has 2 saturated heterocycles. The highest BCUT2D eigenvalue weighted by Crippen LogP contribution is 2.36. The lowest BCUT2D eigenvalue weighted by Crippen LogP contribution is -2.50. The Bertz CT molecular complexity index is 891. The molecule has 0 saturated carbocycles. The van der Waals surface area contributed by atoms with Gasteiger partial charge in [0, 0.05) is 73.4 Å². The number of H-pyrrole nitrogens is 1. The van der Waals surface area contributed by atoms with Crippen molar-refractivity contribution in [2.75, 3.05) is 31.7 Å². The molecule has 2 N–H and O–H groups in total. The maximum Gasteiger partial charge on any atom is 0.139 e. The molecule has 2 aliphatic rings. The zero-order valence-electron chi connectivity index (χ0n) is 14.2. The highest BCUT2D eigenvalue weighted by Gasteiger charge is 2.36. The predicted molar refractivity (Wildman–Crippen MR) is 97.3 cm³/mol. The molecule has 5 rings (SSSR count). The van der Waals surface area contributed by atoms with Gasteiger partial charge in [0.05, 0.1) is 5.39 Å². The van der Waals surface area contributed by atoms with Gasteiger partial charge in [-0.1, -0.05) is 0 Å². The highest BCUT2D eigenvalue weighted by molar-refractivity contribution is 6.02. The van der Waals surface area contributed by atoms with Gasteiger partial charge in [-0.25, -0.2) is 15.0 Å². The molecule has 0 spiro atoms. The first-order valence-electron chi connectivity index (χ1n) is 8.71. The Kier molecular flexibility index (Phi) is 3.43. The second-order valence-electron chi connectivity index (χ2n) is 6.91. The summed E-state index contributed by atoms with van der Waals surface area (Å²) in [5, 5.41) is 4.79. The maximum atomic E-state index is 4.51. The fraction of sp³-hybridized carbons (Fsp3) is 0.389. The van der Waals surface area contributed by atoms with E-state index in [2.05, 4.69) is 48.2 Å². The number of anilines is 1. The largest absolute Gasteiger partial charge is 0.369 e. The number of aromatic amines is 1. The van der Waals surface area contributed by atoms with Crippen molar-refractivity contribution in [3.63, 3.8) is 0 Å². The molecule has 5 heterocycles. The lowest BCUT2D eigenvalue weighted by molar-refractivity contribution is 0.267. The van der Waals surface area contributed by atoms with Crippen LogP contribution in [0.25, 0.3) is 22.2 Å². The van der Waals surface area contributed by atoms with Crippen LogP contribution in [-0.2, 0) is 0 Å². The molecular formula is C18H21N7.